The standard InChI is InChI=1S/C20H18F3N3OS/c1-13(18(27)26(2)12-14-8-4-3-5-9-14)28-17-15-10-6-7-11-16(15)24-19(25-17)20(21,22)23/h3-11,13H,12H2,1-2H3/t13-/m0/s1. The summed E-state index contributed by atoms with van der Waals surface area (Å²) in [5.41, 5.74) is 1.17. The van der Waals surface area contributed by atoms with Crippen LogP contribution in [0.2, 0.25) is 0 Å². The Kier molecular flexibility index (Phi) is 5.88. The van der Waals surface area contributed by atoms with Crippen LogP contribution in [0.5, 0.6) is 0 Å². The number of benzene rings is 2. The summed E-state index contributed by atoms with van der Waals surface area (Å²) in [6, 6.07) is 16.0. The van der Waals surface area contributed by atoms with E-state index in [-0.39, 0.29) is 16.4 Å². The van der Waals surface area contributed by atoms with Gasteiger partial charge in [0.25, 0.3) is 0 Å². The molecule has 0 spiro atoms. The summed E-state index contributed by atoms with van der Waals surface area (Å²) < 4.78 is 39.5. The molecule has 1 aromatic heterocycles. The first-order valence-corrected chi connectivity index (χ1v) is 9.43. The van der Waals surface area contributed by atoms with Crippen molar-refractivity contribution >= 4 is 28.6 Å². The summed E-state index contributed by atoms with van der Waals surface area (Å²) in [7, 11) is 1.67. The molecule has 0 N–H and O–H groups in total. The van der Waals surface area contributed by atoms with E-state index in [0.717, 1.165) is 17.3 Å². The van der Waals surface area contributed by atoms with Crippen LogP contribution in [-0.4, -0.2) is 33.1 Å². The average Bonchev–Trinajstić information content (AvgIpc) is 2.67. The van der Waals surface area contributed by atoms with Gasteiger partial charge in [-0.3, -0.25) is 4.79 Å². The van der Waals surface area contributed by atoms with Crippen molar-refractivity contribution in [3.63, 3.8) is 0 Å². The van der Waals surface area contributed by atoms with Crippen molar-refractivity contribution in [1.82, 2.24) is 14.9 Å². The monoisotopic (exact) mass is 405 g/mol. The summed E-state index contributed by atoms with van der Waals surface area (Å²) in [6.45, 7) is 2.08. The molecule has 0 radical (unpaired) electrons. The highest BCUT2D eigenvalue weighted by atomic mass is 32.2. The Bertz CT molecular complexity index is 979. The number of amides is 1. The Morgan fingerprint density at radius 3 is 2.39 bits per heavy atom. The average molecular weight is 405 g/mol. The van der Waals surface area contributed by atoms with Gasteiger partial charge in [-0.05, 0) is 18.6 Å². The molecule has 0 fully saturated rings. The van der Waals surface area contributed by atoms with Crippen LogP contribution in [0.25, 0.3) is 10.9 Å². The van der Waals surface area contributed by atoms with E-state index in [0.29, 0.717) is 11.9 Å². The minimum absolute atomic E-state index is 0.145. The zero-order chi connectivity index (χ0) is 20.3. The zero-order valence-corrected chi connectivity index (χ0v) is 16.1. The largest absolute Gasteiger partial charge is 0.451 e. The smallest absolute Gasteiger partial charge is 0.340 e. The summed E-state index contributed by atoms with van der Waals surface area (Å²) in [4.78, 5) is 21.6. The number of para-hydroxylation sites is 1. The van der Waals surface area contributed by atoms with Crippen LogP contribution in [0.15, 0.2) is 59.6 Å². The molecule has 0 aliphatic heterocycles. The van der Waals surface area contributed by atoms with Gasteiger partial charge in [0, 0.05) is 19.0 Å². The van der Waals surface area contributed by atoms with E-state index in [4.69, 9.17) is 0 Å². The number of alkyl halides is 3. The lowest BCUT2D eigenvalue weighted by molar-refractivity contribution is -0.145. The molecule has 0 saturated carbocycles. The van der Waals surface area contributed by atoms with Crippen molar-refractivity contribution in [2.24, 2.45) is 0 Å². The fraction of sp³-hybridized carbons (Fsp3) is 0.250. The highest BCUT2D eigenvalue weighted by Crippen LogP contribution is 2.34. The Morgan fingerprint density at radius 1 is 1.07 bits per heavy atom. The minimum atomic E-state index is -4.66. The van der Waals surface area contributed by atoms with Crippen molar-refractivity contribution in [2.75, 3.05) is 7.05 Å². The number of carbonyl (C=O) groups excluding carboxylic acids is 1. The van der Waals surface area contributed by atoms with Crippen molar-refractivity contribution in [2.45, 2.75) is 29.9 Å². The predicted molar refractivity (Wildman–Crippen MR) is 103 cm³/mol. The molecule has 146 valence electrons. The Hall–Kier alpha value is -2.61. The van der Waals surface area contributed by atoms with Crippen LogP contribution in [0.3, 0.4) is 0 Å². The third-order valence-corrected chi connectivity index (χ3v) is 5.19. The summed E-state index contributed by atoms with van der Waals surface area (Å²) in [5.74, 6) is -1.39. The quantitative estimate of drug-likeness (QED) is 0.452. The Morgan fingerprint density at radius 2 is 1.71 bits per heavy atom. The number of halogens is 3. The van der Waals surface area contributed by atoms with Crippen molar-refractivity contribution < 1.29 is 18.0 Å². The van der Waals surface area contributed by atoms with Gasteiger partial charge in [-0.15, -0.1) is 0 Å². The van der Waals surface area contributed by atoms with Crippen molar-refractivity contribution in [3.8, 4) is 0 Å². The van der Waals surface area contributed by atoms with Gasteiger partial charge in [-0.2, -0.15) is 13.2 Å². The SMILES string of the molecule is C[C@H](Sc1nc(C(F)(F)F)nc2ccccc12)C(=O)N(C)Cc1ccccc1. The number of hydrogen-bond donors (Lipinski definition) is 0. The van der Waals surface area contributed by atoms with Crippen molar-refractivity contribution in [1.29, 1.82) is 0 Å². The molecule has 0 saturated heterocycles. The second-order valence-corrected chi connectivity index (χ2v) is 7.64. The molecule has 3 aromatic rings. The van der Waals surface area contributed by atoms with Crippen LogP contribution in [0, 0.1) is 0 Å². The molecule has 0 bridgehead atoms. The first kappa shape index (κ1) is 20.1. The highest BCUT2D eigenvalue weighted by Gasteiger charge is 2.36. The maximum Gasteiger partial charge on any atom is 0.451 e. The molecule has 8 heteroatoms. The number of nitrogens with zero attached hydrogens (tertiary/aromatic N) is 3. The van der Waals surface area contributed by atoms with E-state index in [1.54, 1.807) is 37.1 Å². The molecule has 2 aromatic carbocycles. The summed E-state index contributed by atoms with van der Waals surface area (Å²) >= 11 is 1.01. The first-order chi connectivity index (χ1) is 13.3. The number of aromatic nitrogens is 2. The second kappa shape index (κ2) is 8.18. The summed E-state index contributed by atoms with van der Waals surface area (Å²) in [5, 5.41) is 0.0332. The third kappa shape index (κ3) is 4.62. The molecular formula is C20H18F3N3OS. The van der Waals surface area contributed by atoms with Crippen LogP contribution in [-0.2, 0) is 17.5 Å². The topological polar surface area (TPSA) is 46.1 Å². The molecule has 1 amide bonds. The van der Waals surface area contributed by atoms with Gasteiger partial charge in [0.05, 0.1) is 10.8 Å². The molecule has 0 aliphatic rings. The van der Waals surface area contributed by atoms with E-state index in [1.807, 2.05) is 30.3 Å². The number of thioether (sulfide) groups is 1. The van der Waals surface area contributed by atoms with Gasteiger partial charge in [-0.25, -0.2) is 9.97 Å². The van der Waals surface area contributed by atoms with Gasteiger partial charge in [-0.1, -0.05) is 60.3 Å². The lowest BCUT2D eigenvalue weighted by atomic mass is 10.2. The number of carbonyl (C=O) groups is 1. The summed E-state index contributed by atoms with van der Waals surface area (Å²) in [6.07, 6.45) is -4.66. The number of rotatable bonds is 5. The van der Waals surface area contributed by atoms with Gasteiger partial charge >= 0.3 is 6.18 Å². The van der Waals surface area contributed by atoms with Crippen molar-refractivity contribution in [3.05, 3.63) is 66.0 Å². The molecule has 4 nitrogen and oxygen atoms in total. The maximum atomic E-state index is 13.2. The molecule has 1 atom stereocenters. The fourth-order valence-corrected chi connectivity index (χ4v) is 3.78. The molecule has 1 heterocycles. The normalized spacial score (nSPS) is 12.8. The lowest BCUT2D eigenvalue weighted by Crippen LogP contribution is -2.32. The van der Waals surface area contributed by atoms with E-state index < -0.39 is 17.3 Å². The first-order valence-electron chi connectivity index (χ1n) is 8.55. The lowest BCUT2D eigenvalue weighted by Gasteiger charge is -2.21. The molecule has 0 aliphatic carbocycles. The van der Waals surface area contributed by atoms with Gasteiger partial charge in [0.2, 0.25) is 11.7 Å². The van der Waals surface area contributed by atoms with Gasteiger partial charge in [0.15, 0.2) is 0 Å². The fourth-order valence-electron chi connectivity index (χ4n) is 2.73. The Balaban J connectivity index is 1.83. The van der Waals surface area contributed by atoms with E-state index >= 15 is 0 Å². The van der Waals surface area contributed by atoms with E-state index in [1.165, 1.54) is 6.07 Å². The maximum absolute atomic E-state index is 13.2. The number of fused-ring (bicyclic) bond motifs is 1. The van der Waals surface area contributed by atoms with Crippen LogP contribution in [0.1, 0.15) is 18.3 Å². The number of hydrogen-bond acceptors (Lipinski definition) is 4. The van der Waals surface area contributed by atoms with Gasteiger partial charge < -0.3 is 4.90 Å². The molecule has 28 heavy (non-hydrogen) atoms. The van der Waals surface area contributed by atoms with E-state index in [9.17, 15) is 18.0 Å². The van der Waals surface area contributed by atoms with E-state index in [2.05, 4.69) is 9.97 Å². The molecule has 3 rings (SSSR count). The van der Waals surface area contributed by atoms with Gasteiger partial charge in [0.1, 0.15) is 5.03 Å². The third-order valence-electron chi connectivity index (χ3n) is 4.10. The molecular weight excluding hydrogens is 387 g/mol. The minimum Gasteiger partial charge on any atom is -0.340 e. The molecule has 0 unspecified atom stereocenters. The van der Waals surface area contributed by atoms with Crippen LogP contribution >= 0.6 is 11.8 Å². The Labute approximate surface area is 164 Å². The highest BCUT2D eigenvalue weighted by molar-refractivity contribution is 8.00. The predicted octanol–water partition coefficient (Wildman–Crippen LogP) is 4.79. The van der Waals surface area contributed by atoms with Crippen LogP contribution in [0.4, 0.5) is 13.2 Å². The second-order valence-electron chi connectivity index (χ2n) is 6.31. The zero-order valence-electron chi connectivity index (χ0n) is 15.3. The van der Waals surface area contributed by atoms with Crippen LogP contribution < -0.4 is 0 Å².